The fraction of sp³-hybridized carbons (Fsp3) is 0.844. The number of nitrogens with one attached hydrogen (secondary N) is 1. The van der Waals surface area contributed by atoms with E-state index < -0.39 is 17.6 Å². The molecule has 2 amide bonds. The quantitative estimate of drug-likeness (QED) is 0.452. The maximum atomic E-state index is 14.3. The van der Waals surface area contributed by atoms with Gasteiger partial charge in [-0.05, 0) is 82.7 Å². The number of imide groups is 1. The Morgan fingerprint density at radius 1 is 1.13 bits per heavy atom. The zero-order chi connectivity index (χ0) is 28.8. The summed E-state index contributed by atoms with van der Waals surface area (Å²) in [4.78, 5) is 43.2. The normalized spacial score (nSPS) is 44.9. The van der Waals surface area contributed by atoms with E-state index in [0.29, 0.717) is 19.4 Å². The number of alkyl carbamates (subject to hydrolysis) is 1. The van der Waals surface area contributed by atoms with Crippen molar-refractivity contribution in [2.45, 2.75) is 98.7 Å². The largest absolute Gasteiger partial charge is 0.445 e. The molecule has 1 N–H and O–H groups in total. The smallest absolute Gasteiger partial charge is 0.414 e. The molecule has 0 radical (unpaired) electrons. The number of methoxy groups -OCH3 is 1. The van der Waals surface area contributed by atoms with Crippen LogP contribution >= 0.6 is 0 Å². The van der Waals surface area contributed by atoms with E-state index in [4.69, 9.17) is 9.47 Å². The van der Waals surface area contributed by atoms with E-state index >= 15 is 0 Å². The average Bonchev–Trinajstić information content (AvgIpc) is 3.30. The Balaban J connectivity index is 1.70. The molecule has 7 heteroatoms. The van der Waals surface area contributed by atoms with Crippen molar-refractivity contribution >= 4 is 17.8 Å². The second kappa shape index (κ2) is 11.3. The number of Topliss-reactive ketones (excluding diaryl/α,β-unsaturated/α-hetero) is 1. The van der Waals surface area contributed by atoms with Gasteiger partial charge in [0.25, 0.3) is 0 Å². The Morgan fingerprint density at radius 2 is 1.82 bits per heavy atom. The minimum Gasteiger partial charge on any atom is -0.445 e. The first kappa shape index (κ1) is 30.2. The Kier molecular flexibility index (Phi) is 8.74. The molecule has 4 rings (SSSR count). The van der Waals surface area contributed by atoms with E-state index in [1.165, 1.54) is 0 Å². The maximum Gasteiger partial charge on any atom is 0.414 e. The van der Waals surface area contributed by atoms with Crippen LogP contribution in [0.15, 0.2) is 12.2 Å². The highest BCUT2D eigenvalue weighted by Gasteiger charge is 2.68. The number of carbonyl (C=O) groups is 3. The third kappa shape index (κ3) is 5.11. The number of hydrogen-bond acceptors (Lipinski definition) is 6. The number of likely N-dealkylation sites (tertiary alicyclic amines) is 1. The zero-order valence-corrected chi connectivity index (χ0v) is 25.5. The van der Waals surface area contributed by atoms with Crippen molar-refractivity contribution in [3.63, 3.8) is 0 Å². The molecule has 7 nitrogen and oxygen atoms in total. The third-order valence-corrected chi connectivity index (χ3v) is 11.9. The first-order valence-corrected chi connectivity index (χ1v) is 15.2. The van der Waals surface area contributed by atoms with Crippen LogP contribution in [0.3, 0.4) is 0 Å². The van der Waals surface area contributed by atoms with Gasteiger partial charge in [-0.15, -0.1) is 0 Å². The predicted molar refractivity (Wildman–Crippen MR) is 152 cm³/mol. The highest BCUT2D eigenvalue weighted by molar-refractivity contribution is 5.93. The lowest BCUT2D eigenvalue weighted by Gasteiger charge is -2.61. The lowest BCUT2D eigenvalue weighted by molar-refractivity contribution is -0.191. The number of nitrogens with zero attached hydrogens (tertiary/aromatic N) is 1. The molecule has 4 aliphatic rings. The molecule has 0 spiro atoms. The fourth-order valence-electron chi connectivity index (χ4n) is 9.15. The molecular formula is C32H52N2O5. The molecule has 220 valence electrons. The highest BCUT2D eigenvalue weighted by atomic mass is 16.6. The topological polar surface area (TPSA) is 84.9 Å². The summed E-state index contributed by atoms with van der Waals surface area (Å²) in [7, 11) is 3.78. The van der Waals surface area contributed by atoms with Gasteiger partial charge in [0.1, 0.15) is 11.9 Å². The van der Waals surface area contributed by atoms with Gasteiger partial charge in [-0.3, -0.25) is 14.9 Å². The molecule has 1 saturated heterocycles. The third-order valence-electron chi connectivity index (χ3n) is 11.9. The van der Waals surface area contributed by atoms with Crippen molar-refractivity contribution in [3.8, 4) is 0 Å². The average molecular weight is 545 g/mol. The molecule has 1 aliphatic heterocycles. The molecule has 4 fully saturated rings. The summed E-state index contributed by atoms with van der Waals surface area (Å²) in [6, 6.07) is 0. The van der Waals surface area contributed by atoms with E-state index in [2.05, 4.69) is 44.0 Å². The Hall–Kier alpha value is -1.73. The van der Waals surface area contributed by atoms with Crippen molar-refractivity contribution in [1.29, 1.82) is 0 Å². The summed E-state index contributed by atoms with van der Waals surface area (Å²) in [5.74, 6) is 0.242. The zero-order valence-electron chi connectivity index (χ0n) is 25.5. The predicted octanol–water partition coefficient (Wildman–Crippen LogP) is 5.62. The van der Waals surface area contributed by atoms with Crippen LogP contribution in [0.1, 0.15) is 86.5 Å². The fourth-order valence-corrected chi connectivity index (χ4v) is 9.15. The van der Waals surface area contributed by atoms with Crippen molar-refractivity contribution < 1.29 is 23.9 Å². The molecule has 3 unspecified atom stereocenters. The molecule has 39 heavy (non-hydrogen) atoms. The molecule has 0 aromatic carbocycles. The van der Waals surface area contributed by atoms with E-state index in [0.717, 1.165) is 38.6 Å². The summed E-state index contributed by atoms with van der Waals surface area (Å²) in [5.41, 5.74) is -1.23. The standard InChI is InChI=1S/C32H52N2O5/c1-9-10-14-30(5)18-25(39-29(37)33-28(36)23-19-34(7)17-13-20(23)2)31(6)21(3)11-15-32(22(4)27(30)35)16-12-24(38-8)26(31)32/h9-10,20-26H,11-19H2,1-8H3,(H,33,36,37)/b10-9-/t20-,21+,22-,23-,24?,25+,26?,30+,31-,32?/m0/s1. The lowest BCUT2D eigenvalue weighted by Crippen LogP contribution is -2.63. The summed E-state index contributed by atoms with van der Waals surface area (Å²) in [6.07, 6.45) is 8.69. The maximum absolute atomic E-state index is 14.3. The van der Waals surface area contributed by atoms with E-state index in [1.807, 2.05) is 27.0 Å². The SMILES string of the molecule is C/C=C\C[C@]1(C)C[C@@H](OC(=O)NC(=O)[C@H]2CN(C)CC[C@@H]2C)[C@@]2(C)C3C(OC)CCC3(CC[C@H]2C)[C@@H](C)C1=O. The van der Waals surface area contributed by atoms with Crippen molar-refractivity contribution in [2.75, 3.05) is 27.2 Å². The number of ketones is 1. The summed E-state index contributed by atoms with van der Waals surface area (Å²) in [6.45, 7) is 14.4. The molecule has 10 atom stereocenters. The Morgan fingerprint density at radius 3 is 2.49 bits per heavy atom. The number of amides is 2. The van der Waals surface area contributed by atoms with E-state index in [-0.39, 0.29) is 58.2 Å². The van der Waals surface area contributed by atoms with Gasteiger partial charge in [-0.1, -0.05) is 46.8 Å². The number of piperidine rings is 1. The van der Waals surface area contributed by atoms with Gasteiger partial charge in [-0.25, -0.2) is 4.79 Å². The van der Waals surface area contributed by atoms with Crippen molar-refractivity contribution in [1.82, 2.24) is 10.2 Å². The Bertz CT molecular complexity index is 982. The Labute approximate surface area is 235 Å². The number of carbonyl (C=O) groups excluding carboxylic acids is 3. The minimum atomic E-state index is -0.684. The van der Waals surface area contributed by atoms with E-state index in [1.54, 1.807) is 7.11 Å². The molecule has 1 heterocycles. The van der Waals surface area contributed by atoms with Crippen LogP contribution in [0, 0.1) is 45.8 Å². The first-order chi connectivity index (χ1) is 18.3. The van der Waals surface area contributed by atoms with Gasteiger partial charge in [0.05, 0.1) is 12.0 Å². The molecule has 0 aromatic heterocycles. The van der Waals surface area contributed by atoms with Crippen LogP contribution in [0.25, 0.3) is 0 Å². The highest BCUT2D eigenvalue weighted by Crippen LogP contribution is 2.68. The number of allylic oxidation sites excluding steroid dienone is 2. The van der Waals surface area contributed by atoms with Crippen molar-refractivity contribution in [3.05, 3.63) is 12.2 Å². The van der Waals surface area contributed by atoms with Crippen LogP contribution in [-0.2, 0) is 19.1 Å². The van der Waals surface area contributed by atoms with Crippen LogP contribution in [0.4, 0.5) is 4.79 Å². The summed E-state index contributed by atoms with van der Waals surface area (Å²) < 4.78 is 12.5. The van der Waals surface area contributed by atoms with Gasteiger partial charge in [0, 0.05) is 36.3 Å². The number of rotatable bonds is 5. The molecular weight excluding hydrogens is 492 g/mol. The monoisotopic (exact) mass is 544 g/mol. The second-order valence-corrected chi connectivity index (χ2v) is 14.0. The van der Waals surface area contributed by atoms with Gasteiger partial charge in [0.2, 0.25) is 5.91 Å². The van der Waals surface area contributed by atoms with Crippen molar-refractivity contribution in [2.24, 2.45) is 45.8 Å². The van der Waals surface area contributed by atoms with Gasteiger partial charge >= 0.3 is 6.09 Å². The summed E-state index contributed by atoms with van der Waals surface area (Å²) >= 11 is 0. The van der Waals surface area contributed by atoms with Crippen LogP contribution in [0.5, 0.6) is 0 Å². The number of hydrogen-bond donors (Lipinski definition) is 1. The minimum absolute atomic E-state index is 0.0160. The van der Waals surface area contributed by atoms with Crippen LogP contribution in [-0.4, -0.2) is 62.1 Å². The van der Waals surface area contributed by atoms with Crippen LogP contribution in [0.2, 0.25) is 0 Å². The summed E-state index contributed by atoms with van der Waals surface area (Å²) in [5, 5.41) is 2.61. The van der Waals surface area contributed by atoms with E-state index in [9.17, 15) is 14.4 Å². The van der Waals surface area contributed by atoms with Gasteiger partial charge in [-0.2, -0.15) is 0 Å². The van der Waals surface area contributed by atoms with Gasteiger partial charge < -0.3 is 14.4 Å². The second-order valence-electron chi connectivity index (χ2n) is 14.0. The molecule has 3 aliphatic carbocycles. The molecule has 0 aromatic rings. The molecule has 2 bridgehead atoms. The molecule has 3 saturated carbocycles. The van der Waals surface area contributed by atoms with Gasteiger partial charge in [0.15, 0.2) is 0 Å². The van der Waals surface area contributed by atoms with Crippen LogP contribution < -0.4 is 5.32 Å². The first-order valence-electron chi connectivity index (χ1n) is 15.2. The number of ether oxygens (including phenoxy) is 2. The lowest BCUT2D eigenvalue weighted by atomic mass is 9.43.